The van der Waals surface area contributed by atoms with Crippen molar-refractivity contribution < 1.29 is 38.2 Å². The highest BCUT2D eigenvalue weighted by Gasteiger charge is 2.38. The van der Waals surface area contributed by atoms with Crippen molar-refractivity contribution in [2.45, 2.75) is 156 Å². The largest absolute Gasteiger partial charge is 0.481 e. The molecule has 1 saturated heterocycles. The van der Waals surface area contributed by atoms with Crippen molar-refractivity contribution in [2.24, 2.45) is 23.0 Å². The molecule has 2 aromatic rings. The van der Waals surface area contributed by atoms with Crippen molar-refractivity contribution in [1.29, 1.82) is 0 Å². The van der Waals surface area contributed by atoms with Crippen LogP contribution in [0.25, 0.3) is 0 Å². The Morgan fingerprint density at radius 2 is 1.83 bits per heavy atom. The van der Waals surface area contributed by atoms with E-state index in [1.165, 1.54) is 17.5 Å². The number of nitrogens with zero attached hydrogens (tertiary/aromatic N) is 3. The van der Waals surface area contributed by atoms with Crippen molar-refractivity contribution in [3.63, 3.8) is 0 Å². The Morgan fingerprint density at radius 3 is 2.44 bits per heavy atom. The number of ether oxygens (including phenoxy) is 1. The molecule has 1 aliphatic heterocycles. The lowest BCUT2D eigenvalue weighted by atomic mass is 9.84. The monoisotopic (exact) mass is 903 g/mol. The third kappa shape index (κ3) is 16.6. The van der Waals surface area contributed by atoms with E-state index in [2.05, 4.69) is 32.8 Å². The molecule has 1 fully saturated rings. The van der Waals surface area contributed by atoms with Crippen LogP contribution in [-0.4, -0.2) is 107 Å². The van der Waals surface area contributed by atoms with Gasteiger partial charge in [0.15, 0.2) is 6.10 Å². The van der Waals surface area contributed by atoms with Crippen molar-refractivity contribution >= 4 is 46.8 Å². The maximum atomic E-state index is 15.0. The number of aromatic nitrogens is 1. The fourth-order valence-electron chi connectivity index (χ4n) is 8.04. The summed E-state index contributed by atoms with van der Waals surface area (Å²) in [4.78, 5) is 76.6. The van der Waals surface area contributed by atoms with Gasteiger partial charge in [0.1, 0.15) is 22.6 Å². The smallest absolute Gasteiger partial charge is 0.407 e. The summed E-state index contributed by atoms with van der Waals surface area (Å²) < 4.78 is 20.5. The second-order valence-electron chi connectivity index (χ2n) is 18.2. The van der Waals surface area contributed by atoms with E-state index in [1.54, 1.807) is 19.9 Å². The van der Waals surface area contributed by atoms with Gasteiger partial charge in [-0.25, -0.2) is 14.2 Å². The zero-order chi connectivity index (χ0) is 46.9. The summed E-state index contributed by atoms with van der Waals surface area (Å²) in [5.41, 5.74) is 10.6. The summed E-state index contributed by atoms with van der Waals surface area (Å²) in [6.45, 7) is 14.9. The van der Waals surface area contributed by atoms with E-state index in [9.17, 15) is 33.5 Å². The Balaban J connectivity index is 1.99. The average molecular weight is 903 g/mol. The minimum absolute atomic E-state index is 0.0179. The molecular weight excluding hydrogens is 828 g/mol. The maximum absolute atomic E-state index is 15.0. The second-order valence-corrected chi connectivity index (χ2v) is 19.1. The number of piperidine rings is 1. The lowest BCUT2D eigenvalue weighted by Gasteiger charge is -2.39. The molecule has 1 aliphatic rings. The van der Waals surface area contributed by atoms with Crippen molar-refractivity contribution in [3.8, 4) is 0 Å². The number of carboxylic acids is 1. The fourth-order valence-corrected chi connectivity index (χ4v) is 8.88. The normalized spacial score (nSPS) is 17.0. The molecule has 0 unspecified atom stereocenters. The molecule has 1 aromatic carbocycles. The summed E-state index contributed by atoms with van der Waals surface area (Å²) in [6.07, 6.45) is 6.29. The number of unbranched alkanes of at least 4 members (excludes halogenated alkanes) is 3. The first-order valence-corrected chi connectivity index (χ1v) is 23.7. The van der Waals surface area contributed by atoms with Crippen LogP contribution in [0.5, 0.6) is 0 Å². The van der Waals surface area contributed by atoms with Gasteiger partial charge in [0.05, 0.1) is 11.1 Å². The number of nitrogen functional groups attached to an aromatic ring is 1. The van der Waals surface area contributed by atoms with Crippen LogP contribution in [-0.2, 0) is 25.5 Å². The SMILES string of the molecule is CCCCCCN(C(=O)[C@@H](NC(=O)C[C@H]1CCCCN1C)[C@@H](C)CC)[C@H](C[C@@H](OC(=O)NCCN)c1nc(C(=O)N[C@@H](Cc2ccc(N)c(F)c2)CC(C)(C)C(=O)O)cs1)C(C)C. The number of benzene rings is 1. The number of nitrogens with one attached hydrogen (secondary N) is 3. The topological polar surface area (TPSA) is 222 Å². The van der Waals surface area contributed by atoms with Crippen LogP contribution in [0.15, 0.2) is 23.6 Å². The number of likely N-dealkylation sites (tertiary alicyclic amines) is 1. The molecule has 2 heterocycles. The minimum Gasteiger partial charge on any atom is -0.481 e. The number of halogens is 1. The molecule has 0 aliphatic carbocycles. The summed E-state index contributed by atoms with van der Waals surface area (Å²) in [5.74, 6) is -2.89. The molecule has 4 amide bonds. The van der Waals surface area contributed by atoms with Crippen molar-refractivity contribution in [1.82, 2.24) is 30.7 Å². The first kappa shape index (κ1) is 53.0. The Labute approximate surface area is 378 Å². The number of amides is 4. The van der Waals surface area contributed by atoms with Gasteiger partial charge in [-0.15, -0.1) is 11.3 Å². The lowest BCUT2D eigenvalue weighted by Crippen LogP contribution is -2.56. The number of aliphatic carboxylic acids is 1. The first-order valence-electron chi connectivity index (χ1n) is 22.8. The molecule has 0 bridgehead atoms. The molecule has 1 aromatic heterocycles. The van der Waals surface area contributed by atoms with Crippen LogP contribution in [0.2, 0.25) is 0 Å². The van der Waals surface area contributed by atoms with Gasteiger partial charge >= 0.3 is 12.1 Å². The highest BCUT2D eigenvalue weighted by molar-refractivity contribution is 7.09. The summed E-state index contributed by atoms with van der Waals surface area (Å²) in [7, 11) is 2.04. The summed E-state index contributed by atoms with van der Waals surface area (Å²) in [5, 5.41) is 20.5. The number of carbonyl (C=O) groups excluding carboxylic acids is 4. The van der Waals surface area contributed by atoms with Crippen molar-refractivity contribution in [2.75, 3.05) is 39.0 Å². The first-order chi connectivity index (χ1) is 29.8. The minimum atomic E-state index is -1.23. The lowest BCUT2D eigenvalue weighted by molar-refractivity contribution is -0.147. The van der Waals surface area contributed by atoms with Gasteiger partial charge in [-0.2, -0.15) is 0 Å². The van der Waals surface area contributed by atoms with Gasteiger partial charge in [0.25, 0.3) is 5.91 Å². The number of alkyl carbamates (subject to hydrolysis) is 1. The molecule has 354 valence electrons. The number of carboxylic acid groups (broad SMARTS) is 1. The van der Waals surface area contributed by atoms with Gasteiger partial charge in [0.2, 0.25) is 11.8 Å². The number of thiazole rings is 1. The average Bonchev–Trinajstić information content (AvgIpc) is 3.73. The molecular formula is C46H75FN8O7S. The maximum Gasteiger partial charge on any atom is 0.407 e. The molecule has 0 saturated carbocycles. The van der Waals surface area contributed by atoms with Crippen LogP contribution in [0.3, 0.4) is 0 Å². The van der Waals surface area contributed by atoms with Gasteiger partial charge in [-0.05, 0) is 89.1 Å². The zero-order valence-electron chi connectivity index (χ0n) is 38.8. The standard InChI is InChI=1S/C46H75FN8O7S/c1-9-11-12-14-22-55(43(58)40(30(5)10-2)53-39(56)25-33-16-13-15-21-54(33)8)37(29(3)4)26-38(62-45(61)50-20-19-48)42-52-36(28-63-42)41(57)51-32(27-46(6,7)44(59)60)23-31-17-18-35(49)34(47)24-31/h17-18,24,28-30,32-33,37-38,40H,9-16,19-23,25-27,48-49H2,1-8H3,(H,50,61)(H,51,57)(H,53,56)(H,59,60)/t30-,32-,33+,37+,38+,40-/m0/s1. The van der Waals surface area contributed by atoms with E-state index >= 15 is 0 Å². The molecule has 6 atom stereocenters. The van der Waals surface area contributed by atoms with Gasteiger partial charge in [-0.1, -0.05) is 72.8 Å². The van der Waals surface area contributed by atoms with Crippen LogP contribution in [0, 0.1) is 23.1 Å². The number of nitrogens with two attached hydrogens (primary N) is 2. The number of hydrogen-bond acceptors (Lipinski definition) is 11. The van der Waals surface area contributed by atoms with Crippen LogP contribution < -0.4 is 27.4 Å². The van der Waals surface area contributed by atoms with E-state index in [-0.39, 0.29) is 73.4 Å². The Morgan fingerprint density at radius 1 is 1.10 bits per heavy atom. The number of hydrogen-bond donors (Lipinski definition) is 6. The number of rotatable bonds is 26. The van der Waals surface area contributed by atoms with E-state index in [4.69, 9.17) is 16.2 Å². The molecule has 17 heteroatoms. The Bertz CT molecular complexity index is 1790. The fraction of sp³-hybridized carbons (Fsp3) is 0.696. The van der Waals surface area contributed by atoms with Crippen LogP contribution in [0.1, 0.15) is 146 Å². The van der Waals surface area contributed by atoms with Crippen LogP contribution >= 0.6 is 11.3 Å². The van der Waals surface area contributed by atoms with Gasteiger partial charge in [0, 0.05) is 56.0 Å². The highest BCUT2D eigenvalue weighted by atomic mass is 32.1. The molecule has 63 heavy (non-hydrogen) atoms. The quantitative estimate of drug-likeness (QED) is 0.0433. The molecule has 3 rings (SSSR count). The van der Waals surface area contributed by atoms with E-state index in [0.717, 1.165) is 62.8 Å². The molecule has 0 radical (unpaired) electrons. The van der Waals surface area contributed by atoms with E-state index < -0.39 is 53.4 Å². The van der Waals surface area contributed by atoms with E-state index in [1.807, 2.05) is 39.6 Å². The second kappa shape index (κ2) is 25.8. The Kier molecular flexibility index (Phi) is 21.7. The zero-order valence-corrected chi connectivity index (χ0v) is 39.7. The number of carbonyl (C=O) groups is 5. The van der Waals surface area contributed by atoms with Crippen molar-refractivity contribution in [3.05, 3.63) is 45.7 Å². The predicted octanol–water partition coefficient (Wildman–Crippen LogP) is 6.66. The molecule has 8 N–H and O–H groups in total. The number of anilines is 1. The highest BCUT2D eigenvalue weighted by Crippen LogP contribution is 2.33. The molecule has 15 nitrogen and oxygen atoms in total. The van der Waals surface area contributed by atoms with Gasteiger partial charge < -0.3 is 47.1 Å². The van der Waals surface area contributed by atoms with Crippen LogP contribution in [0.4, 0.5) is 14.9 Å². The van der Waals surface area contributed by atoms with Gasteiger partial charge in [-0.3, -0.25) is 19.2 Å². The predicted molar refractivity (Wildman–Crippen MR) is 246 cm³/mol. The van der Waals surface area contributed by atoms with E-state index in [0.29, 0.717) is 30.0 Å². The summed E-state index contributed by atoms with van der Waals surface area (Å²) >= 11 is 1.12. The third-order valence-corrected chi connectivity index (χ3v) is 13.1. The Hall–Kier alpha value is -4.35. The summed E-state index contributed by atoms with van der Waals surface area (Å²) in [6, 6.07) is 2.46. The third-order valence-electron chi connectivity index (χ3n) is 12.2. The molecule has 0 spiro atoms.